The molecule has 0 aliphatic carbocycles. The third kappa shape index (κ3) is 14.1. The van der Waals surface area contributed by atoms with Crippen molar-refractivity contribution >= 4 is 11.8 Å². The average molecular weight is 1200 g/mol. The zero-order valence-electron chi connectivity index (χ0n) is 44.4. The fraction of sp³-hybridized carbons (Fsp3) is 0.957. The monoisotopic (exact) mass is 1200 g/mol. The highest BCUT2D eigenvalue weighted by Gasteiger charge is 2.60. The molecule has 7 fully saturated rings. The van der Waals surface area contributed by atoms with E-state index in [4.69, 9.17) is 61.6 Å². The molecule has 7 aliphatic rings. The van der Waals surface area contributed by atoms with Crippen LogP contribution in [0.3, 0.4) is 0 Å². The van der Waals surface area contributed by atoms with E-state index < -0.39 is 260 Å². The summed E-state index contributed by atoms with van der Waals surface area (Å²) in [6.07, 6.45) is -64.7. The van der Waals surface area contributed by atoms with Crippen LogP contribution in [0.25, 0.3) is 0 Å². The summed E-state index contributed by atoms with van der Waals surface area (Å²) in [4.78, 5) is 25.9. The van der Waals surface area contributed by atoms with E-state index in [1.807, 2.05) is 0 Å². The van der Waals surface area contributed by atoms with Crippen molar-refractivity contribution in [2.45, 2.75) is 243 Å². The van der Waals surface area contributed by atoms with Gasteiger partial charge < -0.3 is 169 Å². The van der Waals surface area contributed by atoms with Crippen molar-refractivity contribution in [3.8, 4) is 0 Å². The van der Waals surface area contributed by atoms with Crippen molar-refractivity contribution < 1.29 is 168 Å². The maximum absolute atomic E-state index is 13.4. The van der Waals surface area contributed by atoms with Gasteiger partial charge in [0.05, 0.1) is 45.2 Å². The van der Waals surface area contributed by atoms with Gasteiger partial charge in [-0.15, -0.1) is 0 Å². The number of aliphatic hydroxyl groups excluding tert-OH is 19. The quantitative estimate of drug-likeness (QED) is 0.0571. The number of amides is 2. The van der Waals surface area contributed by atoms with Crippen molar-refractivity contribution in [2.75, 3.05) is 33.0 Å². The molecule has 21 N–H and O–H groups in total. The fourth-order valence-corrected chi connectivity index (χ4v) is 10.7. The normalized spacial score (nSPS) is 51.3. The summed E-state index contributed by atoms with van der Waals surface area (Å²) in [5.41, 5.74) is 0. The Bertz CT molecular complexity index is 2030. The summed E-state index contributed by atoms with van der Waals surface area (Å²) in [5.74, 6) is -1.80. The first-order valence-corrected chi connectivity index (χ1v) is 26.3. The van der Waals surface area contributed by atoms with Crippen LogP contribution in [0.5, 0.6) is 0 Å². The Morgan fingerprint density at radius 2 is 0.695 bits per heavy atom. The van der Waals surface area contributed by atoms with Crippen LogP contribution in [-0.4, -0.2) is 357 Å². The summed E-state index contributed by atoms with van der Waals surface area (Å²) >= 11 is 0. The molecular formula is C46H78N2O34. The smallest absolute Gasteiger partial charge is 0.217 e. The summed E-state index contributed by atoms with van der Waals surface area (Å²) in [5, 5.41) is 212. The molecule has 7 aliphatic heterocycles. The second-order valence-corrected chi connectivity index (χ2v) is 21.0. The maximum atomic E-state index is 13.4. The molecule has 0 saturated carbocycles. The molecular weight excluding hydrogens is 1120 g/mol. The number of carbonyl (C=O) groups excluding carboxylic acids is 2. The summed E-state index contributed by atoms with van der Waals surface area (Å²) in [7, 11) is 0. The van der Waals surface area contributed by atoms with E-state index in [1.165, 1.54) is 13.8 Å². The van der Waals surface area contributed by atoms with E-state index >= 15 is 0 Å². The van der Waals surface area contributed by atoms with Crippen molar-refractivity contribution in [3.63, 3.8) is 0 Å². The molecule has 7 saturated heterocycles. The molecule has 0 aromatic heterocycles. The molecule has 1 unspecified atom stereocenters. The van der Waals surface area contributed by atoms with Crippen LogP contribution in [-0.2, 0) is 71.2 Å². The molecule has 36 heteroatoms. The molecule has 82 heavy (non-hydrogen) atoms. The summed E-state index contributed by atoms with van der Waals surface area (Å²) in [6.45, 7) is -0.779. The molecule has 2 amide bonds. The molecule has 0 aromatic rings. The van der Waals surface area contributed by atoms with Gasteiger partial charge in [-0.25, -0.2) is 0 Å². The predicted octanol–water partition coefficient (Wildman–Crippen LogP) is -13.9. The second-order valence-electron chi connectivity index (χ2n) is 21.0. The van der Waals surface area contributed by atoms with E-state index in [0.717, 1.165) is 13.8 Å². The lowest BCUT2D eigenvalue weighted by Crippen LogP contribution is -2.72. The summed E-state index contributed by atoms with van der Waals surface area (Å²) in [6, 6.07) is -3.74. The van der Waals surface area contributed by atoms with Gasteiger partial charge in [-0.1, -0.05) is 0 Å². The highest BCUT2D eigenvalue weighted by molar-refractivity contribution is 5.73. The minimum Gasteiger partial charge on any atom is -0.394 e. The standard InChI is InChI=1S/C46H78N2O34/c1-10-21(56)27(62)31(66)43(70-10)78-35-18(9-53)76-42(80-37-24(59)15(6-50)74-45(33(37)68)77-34-17(8-52)72-40(69)30(65)29(34)64)20(48-13(4)55)36(35)79-46-39(82-44-32(67)28(63)22(57)11(2)71-44)38(25(60)16(7-51)75-46)81-41-19(47-12(3)54)26(61)23(58)14(5-49)73-41/h10-11,14-46,49-53,56-69H,5-9H2,1-4H3,(H,47,54)(H,48,55)/t10-,11-,14+,15+,16+,17+,18+,19+,20+,21+,22+,23-,24-,25-,26+,27+,28+,29+,30+,31-,32-,33+,34+,35+,36+,37-,38-,39+,40?,41+,42-,43-,44-,45-,46-/m0/s1. The first-order valence-electron chi connectivity index (χ1n) is 26.3. The lowest BCUT2D eigenvalue weighted by molar-refractivity contribution is -0.408. The Morgan fingerprint density at radius 3 is 1.22 bits per heavy atom. The van der Waals surface area contributed by atoms with Crippen LogP contribution >= 0.6 is 0 Å². The van der Waals surface area contributed by atoms with E-state index in [-0.39, 0.29) is 0 Å². The Balaban J connectivity index is 1.33. The number of ether oxygens (including phenoxy) is 13. The third-order valence-corrected chi connectivity index (χ3v) is 15.3. The number of hydrogen-bond acceptors (Lipinski definition) is 34. The Kier molecular flexibility index (Phi) is 23.5. The van der Waals surface area contributed by atoms with Gasteiger partial charge in [-0.3, -0.25) is 9.59 Å². The number of carbonyl (C=O) groups is 2. The molecule has 0 radical (unpaired) electrons. The van der Waals surface area contributed by atoms with Crippen molar-refractivity contribution in [1.82, 2.24) is 10.6 Å². The zero-order valence-corrected chi connectivity index (χ0v) is 44.4. The van der Waals surface area contributed by atoms with Gasteiger partial charge >= 0.3 is 0 Å². The minimum absolute atomic E-state index is 0.830. The number of nitrogens with one attached hydrogen (secondary N) is 2. The van der Waals surface area contributed by atoms with Gasteiger partial charge in [0.15, 0.2) is 44.0 Å². The minimum atomic E-state index is -2.30. The first kappa shape index (κ1) is 67.2. The maximum Gasteiger partial charge on any atom is 0.217 e. The molecule has 35 atom stereocenters. The van der Waals surface area contributed by atoms with E-state index in [1.54, 1.807) is 0 Å². The van der Waals surface area contributed by atoms with E-state index in [0.29, 0.717) is 0 Å². The topological polar surface area (TPSA) is 563 Å². The van der Waals surface area contributed by atoms with Gasteiger partial charge in [0.25, 0.3) is 0 Å². The van der Waals surface area contributed by atoms with Gasteiger partial charge in [0, 0.05) is 13.8 Å². The van der Waals surface area contributed by atoms with Gasteiger partial charge in [-0.2, -0.15) is 0 Å². The molecule has 476 valence electrons. The molecule has 0 bridgehead atoms. The first-order chi connectivity index (χ1) is 38.7. The average Bonchev–Trinajstić information content (AvgIpc) is 3.47. The predicted molar refractivity (Wildman–Crippen MR) is 252 cm³/mol. The van der Waals surface area contributed by atoms with E-state index in [2.05, 4.69) is 10.6 Å². The van der Waals surface area contributed by atoms with E-state index in [9.17, 15) is 107 Å². The molecule has 0 spiro atoms. The van der Waals surface area contributed by atoms with Gasteiger partial charge in [-0.05, 0) is 13.8 Å². The van der Waals surface area contributed by atoms with Crippen LogP contribution in [0.1, 0.15) is 27.7 Å². The van der Waals surface area contributed by atoms with Crippen LogP contribution in [0, 0.1) is 0 Å². The Labute approximate surface area is 465 Å². The van der Waals surface area contributed by atoms with Crippen LogP contribution in [0.4, 0.5) is 0 Å². The number of hydrogen-bond donors (Lipinski definition) is 21. The van der Waals surface area contributed by atoms with Crippen molar-refractivity contribution in [3.05, 3.63) is 0 Å². The molecule has 7 rings (SSSR count). The number of rotatable bonds is 19. The van der Waals surface area contributed by atoms with Gasteiger partial charge in [0.1, 0.15) is 159 Å². The Hall–Kier alpha value is -2.34. The highest BCUT2D eigenvalue weighted by atomic mass is 16.8. The second kappa shape index (κ2) is 28.7. The zero-order chi connectivity index (χ0) is 60.5. The Morgan fingerprint density at radius 1 is 0.317 bits per heavy atom. The summed E-state index contributed by atoms with van der Waals surface area (Å²) < 4.78 is 77.5. The lowest BCUT2D eigenvalue weighted by Gasteiger charge is -2.53. The van der Waals surface area contributed by atoms with Crippen LogP contribution in [0.15, 0.2) is 0 Å². The highest BCUT2D eigenvalue weighted by Crippen LogP contribution is 2.40. The van der Waals surface area contributed by atoms with Gasteiger partial charge in [0.2, 0.25) is 11.8 Å². The van der Waals surface area contributed by atoms with Crippen molar-refractivity contribution in [1.29, 1.82) is 0 Å². The fourth-order valence-electron chi connectivity index (χ4n) is 10.7. The van der Waals surface area contributed by atoms with Crippen LogP contribution in [0.2, 0.25) is 0 Å². The SMILES string of the molecule is CC(=O)N[C@H]1[C@@H](O[C@H]2[C@@H](O)[C@@H](CO)O[C@@H](O[C@@H]3[C@@H](NC(C)=O)[C@H](O[C@H]4[C@@H](O)[C@@H](CO)O[C@@H](O[C@H]5[C@H](O)[C@@H](O)C(O)O[C@@H]5CO)[C@@H]4O)O[C@H](CO)[C@H]3O[C@@H]3O[C@@H](C)[C@@H](O)[C@@H](O)[C@@H]3O)[C@@H]2O[C@@H]2O[C@@H](C)[C@@H](O)[C@@H](O)[C@@H]2O)O[C@H](CO)[C@H](O)[C@@H]1O. The third-order valence-electron chi connectivity index (χ3n) is 15.3. The largest absolute Gasteiger partial charge is 0.394 e. The van der Waals surface area contributed by atoms with Crippen LogP contribution < -0.4 is 10.6 Å². The molecule has 7 heterocycles. The lowest BCUT2D eigenvalue weighted by atomic mass is 9.93. The van der Waals surface area contributed by atoms with Crippen molar-refractivity contribution in [2.24, 2.45) is 0 Å². The molecule has 0 aromatic carbocycles. The number of aliphatic hydroxyl groups is 19. The molecule has 36 nitrogen and oxygen atoms in total.